The molecule has 0 aliphatic carbocycles. The first-order valence-corrected chi connectivity index (χ1v) is 8.39. The van der Waals surface area contributed by atoms with Gasteiger partial charge in [-0.3, -0.25) is 0 Å². The molecule has 0 aliphatic rings. The number of nitrogens with zero attached hydrogens (tertiary/aromatic N) is 1. The van der Waals surface area contributed by atoms with Crippen molar-refractivity contribution in [1.29, 1.82) is 0 Å². The van der Waals surface area contributed by atoms with Gasteiger partial charge in [0.1, 0.15) is 5.76 Å². The molecule has 1 aromatic carbocycles. The second-order valence-corrected chi connectivity index (χ2v) is 6.48. The summed E-state index contributed by atoms with van der Waals surface area (Å²) in [6.45, 7) is 4.69. The van der Waals surface area contributed by atoms with E-state index in [1.807, 2.05) is 48.7 Å². The first-order valence-electron chi connectivity index (χ1n) is 7.13. The highest BCUT2D eigenvalue weighted by atomic mass is 35.5. The monoisotopic (exact) mass is 332 g/mol. The summed E-state index contributed by atoms with van der Waals surface area (Å²) in [5.74, 6) is 1.54. The lowest BCUT2D eigenvalue weighted by molar-refractivity contribution is 0.529. The van der Waals surface area contributed by atoms with Crippen LogP contribution < -0.4 is 5.32 Å². The third-order valence-corrected chi connectivity index (χ3v) is 4.77. The summed E-state index contributed by atoms with van der Waals surface area (Å²) < 4.78 is 5.75. The van der Waals surface area contributed by atoms with Gasteiger partial charge >= 0.3 is 0 Å². The number of nitrogens with one attached hydrogen (secondary N) is 1. The minimum absolute atomic E-state index is 0.148. The predicted octanol–water partition coefficient (Wildman–Crippen LogP) is 5.22. The number of hydrogen-bond acceptors (Lipinski definition) is 4. The van der Waals surface area contributed by atoms with Gasteiger partial charge in [-0.1, -0.05) is 35.9 Å². The van der Waals surface area contributed by atoms with Crippen LogP contribution >= 0.6 is 22.9 Å². The van der Waals surface area contributed by atoms with Crippen LogP contribution in [0.5, 0.6) is 0 Å². The van der Waals surface area contributed by atoms with Gasteiger partial charge in [-0.25, -0.2) is 4.98 Å². The third kappa shape index (κ3) is 3.24. The van der Waals surface area contributed by atoms with Gasteiger partial charge < -0.3 is 9.73 Å². The molecule has 3 nitrogen and oxygen atoms in total. The van der Waals surface area contributed by atoms with E-state index in [-0.39, 0.29) is 6.04 Å². The fraction of sp³-hybridized carbons (Fsp3) is 0.235. The summed E-state index contributed by atoms with van der Waals surface area (Å²) in [4.78, 5) is 5.64. The fourth-order valence-electron chi connectivity index (χ4n) is 2.28. The zero-order valence-electron chi connectivity index (χ0n) is 12.5. The van der Waals surface area contributed by atoms with E-state index in [1.54, 1.807) is 11.3 Å². The second-order valence-electron chi connectivity index (χ2n) is 5.12. The van der Waals surface area contributed by atoms with Crippen molar-refractivity contribution in [1.82, 2.24) is 10.3 Å². The summed E-state index contributed by atoms with van der Waals surface area (Å²) in [6, 6.07) is 12.0. The Labute approximate surface area is 139 Å². The van der Waals surface area contributed by atoms with Crippen LogP contribution in [0.4, 0.5) is 0 Å². The van der Waals surface area contributed by atoms with Crippen LogP contribution in [0.25, 0.3) is 10.8 Å². The Morgan fingerprint density at radius 1 is 1.27 bits per heavy atom. The van der Waals surface area contributed by atoms with Gasteiger partial charge in [0, 0.05) is 17.6 Å². The van der Waals surface area contributed by atoms with Crippen LogP contribution in [0, 0.1) is 6.92 Å². The molecule has 0 saturated heterocycles. The number of thiophene rings is 1. The largest absolute Gasteiger partial charge is 0.440 e. The van der Waals surface area contributed by atoms with Gasteiger partial charge in [-0.05, 0) is 36.9 Å². The number of hydrogen-bond donors (Lipinski definition) is 1. The van der Waals surface area contributed by atoms with E-state index in [0.717, 1.165) is 26.9 Å². The van der Waals surface area contributed by atoms with Crippen LogP contribution in [0.15, 0.2) is 46.2 Å². The summed E-state index contributed by atoms with van der Waals surface area (Å²) in [5, 5.41) is 6.25. The van der Waals surface area contributed by atoms with Crippen LogP contribution in [0.1, 0.15) is 30.0 Å². The molecule has 3 aromatic rings. The molecule has 5 heteroatoms. The minimum atomic E-state index is 0.148. The molecule has 0 spiro atoms. The summed E-state index contributed by atoms with van der Waals surface area (Å²) in [7, 11) is 0. The molecule has 0 bridgehead atoms. The fourth-order valence-corrected chi connectivity index (χ4v) is 3.23. The Bertz CT molecular complexity index is 752. The maximum Gasteiger partial charge on any atom is 0.236 e. The van der Waals surface area contributed by atoms with E-state index >= 15 is 0 Å². The Morgan fingerprint density at radius 3 is 2.82 bits per heavy atom. The van der Waals surface area contributed by atoms with Crippen LogP contribution in [-0.2, 0) is 6.54 Å². The Hall–Kier alpha value is -1.62. The lowest BCUT2D eigenvalue weighted by Gasteiger charge is -2.14. The van der Waals surface area contributed by atoms with Crippen molar-refractivity contribution in [3.8, 4) is 10.8 Å². The average molecular weight is 333 g/mol. The number of oxazole rings is 1. The van der Waals surface area contributed by atoms with Crippen molar-refractivity contribution in [2.24, 2.45) is 0 Å². The molecule has 0 saturated carbocycles. The van der Waals surface area contributed by atoms with E-state index in [2.05, 4.69) is 17.2 Å². The van der Waals surface area contributed by atoms with E-state index in [0.29, 0.717) is 12.4 Å². The summed E-state index contributed by atoms with van der Waals surface area (Å²) in [6.07, 6.45) is 0. The normalized spacial score (nSPS) is 12.5. The molecule has 1 atom stereocenters. The molecule has 1 N–H and O–H groups in total. The molecule has 0 radical (unpaired) electrons. The topological polar surface area (TPSA) is 38.1 Å². The minimum Gasteiger partial charge on any atom is -0.440 e. The summed E-state index contributed by atoms with van der Waals surface area (Å²) >= 11 is 7.86. The van der Waals surface area contributed by atoms with Crippen LogP contribution in [-0.4, -0.2) is 4.98 Å². The second kappa shape index (κ2) is 6.65. The highest BCUT2D eigenvalue weighted by molar-refractivity contribution is 7.13. The van der Waals surface area contributed by atoms with Crippen molar-refractivity contribution < 1.29 is 4.42 Å². The lowest BCUT2D eigenvalue weighted by atomic mass is 10.1. The van der Waals surface area contributed by atoms with Gasteiger partial charge in [0.05, 0.1) is 10.6 Å². The number of benzene rings is 1. The van der Waals surface area contributed by atoms with E-state index in [1.165, 1.54) is 0 Å². The van der Waals surface area contributed by atoms with E-state index in [4.69, 9.17) is 16.0 Å². The zero-order chi connectivity index (χ0) is 15.5. The van der Waals surface area contributed by atoms with Crippen molar-refractivity contribution in [2.75, 3.05) is 0 Å². The van der Waals surface area contributed by atoms with Crippen molar-refractivity contribution in [3.05, 3.63) is 63.8 Å². The maximum atomic E-state index is 6.23. The maximum absolute atomic E-state index is 6.23. The van der Waals surface area contributed by atoms with Crippen LogP contribution in [0.3, 0.4) is 0 Å². The lowest BCUT2D eigenvalue weighted by Crippen LogP contribution is -2.19. The predicted molar refractivity (Wildman–Crippen MR) is 91.3 cm³/mol. The number of aromatic nitrogens is 1. The highest BCUT2D eigenvalue weighted by Crippen LogP contribution is 2.27. The highest BCUT2D eigenvalue weighted by Gasteiger charge is 2.14. The molecule has 0 aliphatic heterocycles. The molecule has 3 rings (SSSR count). The molecule has 0 amide bonds. The number of rotatable bonds is 5. The molecule has 2 aromatic heterocycles. The SMILES string of the molecule is Cc1oc(-c2cccs2)nc1CN[C@@H](C)c1ccccc1Cl. The molecule has 0 unspecified atom stereocenters. The van der Waals surface area contributed by atoms with E-state index in [9.17, 15) is 0 Å². The van der Waals surface area contributed by atoms with Gasteiger partial charge in [0.15, 0.2) is 0 Å². The molecule has 22 heavy (non-hydrogen) atoms. The molecular weight excluding hydrogens is 316 g/mol. The van der Waals surface area contributed by atoms with Gasteiger partial charge in [-0.15, -0.1) is 11.3 Å². The van der Waals surface area contributed by atoms with Crippen molar-refractivity contribution >= 4 is 22.9 Å². The molecule has 2 heterocycles. The van der Waals surface area contributed by atoms with Gasteiger partial charge in [0.2, 0.25) is 5.89 Å². The first-order chi connectivity index (χ1) is 10.6. The standard InChI is InChI=1S/C17H17ClN2OS/c1-11(13-6-3-4-7-14(13)18)19-10-15-12(2)21-17(20-15)16-8-5-9-22-16/h3-9,11,19H,10H2,1-2H3/t11-/m0/s1. The Morgan fingerprint density at radius 2 is 2.09 bits per heavy atom. The molecule has 0 fully saturated rings. The summed E-state index contributed by atoms with van der Waals surface area (Å²) in [5.41, 5.74) is 2.02. The van der Waals surface area contributed by atoms with Gasteiger partial charge in [0.25, 0.3) is 0 Å². The molecular formula is C17H17ClN2OS. The molecule has 114 valence electrons. The smallest absolute Gasteiger partial charge is 0.236 e. The average Bonchev–Trinajstić information content (AvgIpc) is 3.15. The Kier molecular flexibility index (Phi) is 4.62. The van der Waals surface area contributed by atoms with Crippen LogP contribution in [0.2, 0.25) is 5.02 Å². The van der Waals surface area contributed by atoms with Crippen molar-refractivity contribution in [2.45, 2.75) is 26.4 Å². The first kappa shape index (κ1) is 15.3. The van der Waals surface area contributed by atoms with Crippen molar-refractivity contribution in [3.63, 3.8) is 0 Å². The third-order valence-electron chi connectivity index (χ3n) is 3.57. The zero-order valence-corrected chi connectivity index (χ0v) is 14.0. The van der Waals surface area contributed by atoms with E-state index < -0.39 is 0 Å². The number of halogens is 1. The number of aryl methyl sites for hydroxylation is 1. The Balaban J connectivity index is 1.70. The quantitative estimate of drug-likeness (QED) is 0.696. The van der Waals surface area contributed by atoms with Gasteiger partial charge in [-0.2, -0.15) is 0 Å².